The standard InChI is InChI=1S/C13H11Br2NS/c14-10-2-1-3-12(6-10)17-8-9-4-5-11(15)7-13(9)16/h1-7H,8,16H2. The summed E-state index contributed by atoms with van der Waals surface area (Å²) in [6.07, 6.45) is 0. The minimum atomic E-state index is 0.835. The first-order valence-electron chi connectivity index (χ1n) is 5.07. The molecule has 17 heavy (non-hydrogen) atoms. The van der Waals surface area contributed by atoms with Crippen LogP contribution in [0.2, 0.25) is 0 Å². The molecule has 0 amide bonds. The second-order valence-electron chi connectivity index (χ2n) is 3.59. The molecule has 88 valence electrons. The van der Waals surface area contributed by atoms with Crippen LogP contribution in [-0.4, -0.2) is 0 Å². The summed E-state index contributed by atoms with van der Waals surface area (Å²) < 4.78 is 2.12. The molecule has 0 fully saturated rings. The van der Waals surface area contributed by atoms with Gasteiger partial charge in [0.1, 0.15) is 0 Å². The molecular weight excluding hydrogens is 362 g/mol. The van der Waals surface area contributed by atoms with Crippen LogP contribution in [0.1, 0.15) is 5.56 Å². The first kappa shape index (κ1) is 13.0. The van der Waals surface area contributed by atoms with Gasteiger partial charge < -0.3 is 5.73 Å². The molecule has 2 aromatic carbocycles. The molecule has 4 heteroatoms. The summed E-state index contributed by atoms with van der Waals surface area (Å²) in [7, 11) is 0. The van der Waals surface area contributed by atoms with Crippen molar-refractivity contribution >= 4 is 49.3 Å². The Morgan fingerprint density at radius 3 is 2.47 bits per heavy atom. The van der Waals surface area contributed by atoms with Gasteiger partial charge in [0.2, 0.25) is 0 Å². The van der Waals surface area contributed by atoms with Crippen molar-refractivity contribution in [3.05, 3.63) is 57.0 Å². The Bertz CT molecular complexity index is 529. The van der Waals surface area contributed by atoms with E-state index in [9.17, 15) is 0 Å². The van der Waals surface area contributed by atoms with Gasteiger partial charge in [0.15, 0.2) is 0 Å². The monoisotopic (exact) mass is 371 g/mol. The van der Waals surface area contributed by atoms with Gasteiger partial charge >= 0.3 is 0 Å². The summed E-state index contributed by atoms with van der Waals surface area (Å²) in [6, 6.07) is 14.3. The molecule has 1 nitrogen and oxygen atoms in total. The van der Waals surface area contributed by atoms with E-state index < -0.39 is 0 Å². The van der Waals surface area contributed by atoms with Gasteiger partial charge in [-0.1, -0.05) is 44.0 Å². The number of thioether (sulfide) groups is 1. The fraction of sp³-hybridized carbons (Fsp3) is 0.0769. The average Bonchev–Trinajstić information content (AvgIpc) is 2.28. The number of halogens is 2. The minimum Gasteiger partial charge on any atom is -0.398 e. The van der Waals surface area contributed by atoms with Crippen molar-refractivity contribution in [2.45, 2.75) is 10.6 Å². The maximum Gasteiger partial charge on any atom is 0.0366 e. The molecule has 0 bridgehead atoms. The molecule has 0 aliphatic rings. The second kappa shape index (κ2) is 5.94. The molecule has 0 aromatic heterocycles. The zero-order chi connectivity index (χ0) is 12.3. The molecule has 2 aromatic rings. The second-order valence-corrected chi connectivity index (χ2v) is 6.47. The van der Waals surface area contributed by atoms with Crippen LogP contribution >= 0.6 is 43.6 Å². The van der Waals surface area contributed by atoms with Gasteiger partial charge in [-0.2, -0.15) is 0 Å². The van der Waals surface area contributed by atoms with Gasteiger partial charge in [0.05, 0.1) is 0 Å². The normalized spacial score (nSPS) is 10.5. The fourth-order valence-electron chi connectivity index (χ4n) is 1.42. The average molecular weight is 373 g/mol. The van der Waals surface area contributed by atoms with Gasteiger partial charge in [0.25, 0.3) is 0 Å². The predicted octanol–water partition coefficient (Wildman–Crippen LogP) is 5.09. The molecule has 0 aliphatic heterocycles. The lowest BCUT2D eigenvalue weighted by Gasteiger charge is -2.06. The number of anilines is 1. The van der Waals surface area contributed by atoms with Crippen molar-refractivity contribution in [3.8, 4) is 0 Å². The van der Waals surface area contributed by atoms with Crippen LogP contribution in [0.5, 0.6) is 0 Å². The number of rotatable bonds is 3. The summed E-state index contributed by atoms with van der Waals surface area (Å²) in [6.45, 7) is 0. The molecule has 2 N–H and O–H groups in total. The molecule has 0 spiro atoms. The number of nitrogen functional groups attached to an aromatic ring is 1. The number of benzene rings is 2. The molecule has 0 unspecified atom stereocenters. The van der Waals surface area contributed by atoms with E-state index in [2.05, 4.69) is 50.1 Å². The van der Waals surface area contributed by atoms with Crippen LogP contribution < -0.4 is 5.73 Å². The van der Waals surface area contributed by atoms with Crippen molar-refractivity contribution < 1.29 is 0 Å². The molecule has 0 atom stereocenters. The predicted molar refractivity (Wildman–Crippen MR) is 82.3 cm³/mol. The van der Waals surface area contributed by atoms with Crippen LogP contribution in [0.15, 0.2) is 56.3 Å². The van der Waals surface area contributed by atoms with Crippen molar-refractivity contribution in [1.82, 2.24) is 0 Å². The quantitative estimate of drug-likeness (QED) is 0.600. The molecule has 0 saturated carbocycles. The lowest BCUT2D eigenvalue weighted by atomic mass is 10.2. The molecule has 0 heterocycles. The van der Waals surface area contributed by atoms with Crippen LogP contribution in [0.3, 0.4) is 0 Å². The Kier molecular flexibility index (Phi) is 4.54. The van der Waals surface area contributed by atoms with Crippen LogP contribution in [0.25, 0.3) is 0 Å². The summed E-state index contributed by atoms with van der Waals surface area (Å²) in [5.74, 6) is 0.884. The van der Waals surface area contributed by atoms with E-state index >= 15 is 0 Å². The Morgan fingerprint density at radius 2 is 1.76 bits per heavy atom. The van der Waals surface area contributed by atoms with E-state index in [0.29, 0.717) is 0 Å². The van der Waals surface area contributed by atoms with E-state index in [1.165, 1.54) is 4.90 Å². The largest absolute Gasteiger partial charge is 0.398 e. The van der Waals surface area contributed by atoms with Crippen molar-refractivity contribution in [1.29, 1.82) is 0 Å². The molecule has 2 rings (SSSR count). The van der Waals surface area contributed by atoms with E-state index in [0.717, 1.165) is 25.9 Å². The number of nitrogens with two attached hydrogens (primary N) is 1. The Balaban J connectivity index is 2.07. The third kappa shape index (κ3) is 3.76. The van der Waals surface area contributed by atoms with Crippen LogP contribution in [0.4, 0.5) is 5.69 Å². The summed E-state index contributed by atoms with van der Waals surface area (Å²) >= 11 is 8.66. The minimum absolute atomic E-state index is 0.835. The van der Waals surface area contributed by atoms with Gasteiger partial charge in [-0.05, 0) is 35.9 Å². The molecule has 0 radical (unpaired) electrons. The van der Waals surface area contributed by atoms with Crippen molar-refractivity contribution in [3.63, 3.8) is 0 Å². The highest BCUT2D eigenvalue weighted by Gasteiger charge is 2.01. The maximum atomic E-state index is 5.96. The smallest absolute Gasteiger partial charge is 0.0366 e. The fourth-order valence-corrected chi connectivity index (χ4v) is 3.31. The Labute approximate surface area is 122 Å². The third-order valence-electron chi connectivity index (χ3n) is 2.30. The zero-order valence-corrected chi connectivity index (χ0v) is 13.0. The molecule has 0 saturated heterocycles. The van der Waals surface area contributed by atoms with E-state index in [1.807, 2.05) is 24.3 Å². The van der Waals surface area contributed by atoms with Gasteiger partial charge in [-0.3, -0.25) is 0 Å². The summed E-state index contributed by atoms with van der Waals surface area (Å²) in [5.41, 5.74) is 7.96. The Hall–Kier alpha value is -0.450. The maximum absolute atomic E-state index is 5.96. The zero-order valence-electron chi connectivity index (χ0n) is 8.99. The summed E-state index contributed by atoms with van der Waals surface area (Å²) in [4.78, 5) is 1.24. The lowest BCUT2D eigenvalue weighted by molar-refractivity contribution is 1.37. The van der Waals surface area contributed by atoms with E-state index in [-0.39, 0.29) is 0 Å². The Morgan fingerprint density at radius 1 is 1.00 bits per heavy atom. The molecular formula is C13H11Br2NS. The van der Waals surface area contributed by atoms with Crippen LogP contribution in [0, 0.1) is 0 Å². The lowest BCUT2D eigenvalue weighted by Crippen LogP contribution is -1.92. The number of hydrogen-bond acceptors (Lipinski definition) is 2. The van der Waals surface area contributed by atoms with Crippen molar-refractivity contribution in [2.75, 3.05) is 5.73 Å². The number of hydrogen-bond donors (Lipinski definition) is 1. The first-order chi connectivity index (χ1) is 8.15. The summed E-state index contributed by atoms with van der Waals surface area (Å²) in [5, 5.41) is 0. The van der Waals surface area contributed by atoms with Gasteiger partial charge in [-0.25, -0.2) is 0 Å². The van der Waals surface area contributed by atoms with Gasteiger partial charge in [-0.15, -0.1) is 11.8 Å². The van der Waals surface area contributed by atoms with Gasteiger partial charge in [0, 0.05) is 25.3 Å². The highest BCUT2D eigenvalue weighted by atomic mass is 79.9. The third-order valence-corrected chi connectivity index (χ3v) is 4.33. The van der Waals surface area contributed by atoms with Crippen LogP contribution in [-0.2, 0) is 5.75 Å². The molecule has 0 aliphatic carbocycles. The van der Waals surface area contributed by atoms with E-state index in [1.54, 1.807) is 11.8 Å². The van der Waals surface area contributed by atoms with Crippen molar-refractivity contribution in [2.24, 2.45) is 0 Å². The first-order valence-corrected chi connectivity index (χ1v) is 7.64. The topological polar surface area (TPSA) is 26.0 Å². The highest BCUT2D eigenvalue weighted by molar-refractivity contribution is 9.10. The van der Waals surface area contributed by atoms with E-state index in [4.69, 9.17) is 5.73 Å². The SMILES string of the molecule is Nc1cc(Br)ccc1CSc1cccc(Br)c1. The highest BCUT2D eigenvalue weighted by Crippen LogP contribution is 2.28.